The van der Waals surface area contributed by atoms with Crippen molar-refractivity contribution in [1.29, 1.82) is 0 Å². The first kappa shape index (κ1) is 50.4. The van der Waals surface area contributed by atoms with Crippen molar-refractivity contribution in [2.75, 3.05) is 0 Å². The molecule has 1 aromatic rings. The quantitative estimate of drug-likeness (QED) is 0.0586. The maximum atomic E-state index is 2.63. The number of rotatable bonds is 39. The number of hydrogen-bond donors (Lipinski definition) is 0. The van der Waals surface area contributed by atoms with Crippen molar-refractivity contribution < 1.29 is 0 Å². The molecule has 55 heavy (non-hydrogen) atoms. The van der Waals surface area contributed by atoms with Crippen molar-refractivity contribution in [3.63, 3.8) is 0 Å². The molecule has 322 valence electrons. The largest absolute Gasteiger partial charge is 0.0654 e. The fraction of sp³-hybridized carbons (Fsp3) is 0.891. The van der Waals surface area contributed by atoms with E-state index in [0.717, 1.165) is 11.8 Å². The molecular formula is C55H102. The van der Waals surface area contributed by atoms with Crippen LogP contribution in [0.2, 0.25) is 0 Å². The Hall–Kier alpha value is -0.780. The zero-order chi connectivity index (χ0) is 39.1. The Morgan fingerprint density at radius 3 is 1.25 bits per heavy atom. The van der Waals surface area contributed by atoms with E-state index in [2.05, 4.69) is 39.0 Å². The predicted molar refractivity (Wildman–Crippen MR) is 251 cm³/mol. The third-order valence-electron chi connectivity index (χ3n) is 13.9. The van der Waals surface area contributed by atoms with Gasteiger partial charge in [-0.2, -0.15) is 0 Å². The molecule has 2 rings (SSSR count). The van der Waals surface area contributed by atoms with Crippen LogP contribution in [0.3, 0.4) is 0 Å². The lowest BCUT2D eigenvalue weighted by Crippen LogP contribution is -2.09. The van der Waals surface area contributed by atoms with Gasteiger partial charge in [0.15, 0.2) is 0 Å². The Morgan fingerprint density at radius 2 is 0.782 bits per heavy atom. The minimum Gasteiger partial charge on any atom is -0.0654 e. The molecule has 0 aromatic heterocycles. The Morgan fingerprint density at radius 1 is 0.400 bits per heavy atom. The normalized spacial score (nSPS) is 14.7. The topological polar surface area (TPSA) is 0 Å². The van der Waals surface area contributed by atoms with Crippen molar-refractivity contribution in [2.45, 2.75) is 309 Å². The van der Waals surface area contributed by atoms with Crippen LogP contribution < -0.4 is 0 Å². The molecule has 1 atom stereocenters. The molecule has 1 aromatic carbocycles. The highest BCUT2D eigenvalue weighted by Crippen LogP contribution is 2.36. The van der Waals surface area contributed by atoms with Gasteiger partial charge >= 0.3 is 0 Å². The van der Waals surface area contributed by atoms with Crippen molar-refractivity contribution in [3.8, 4) is 0 Å². The smallest absolute Gasteiger partial charge is 0.0159 e. The summed E-state index contributed by atoms with van der Waals surface area (Å²) in [5.41, 5.74) is 5.38. The Kier molecular flexibility index (Phi) is 35.5. The fourth-order valence-corrected chi connectivity index (χ4v) is 10.2. The highest BCUT2D eigenvalue weighted by Gasteiger charge is 2.19. The second-order valence-corrected chi connectivity index (χ2v) is 19.0. The van der Waals surface area contributed by atoms with Crippen molar-refractivity contribution in [1.82, 2.24) is 0 Å². The predicted octanol–water partition coefficient (Wildman–Crippen LogP) is 19.9. The SMILES string of the molecule is CCCCCCCCCCCCCCCC(CCCC1CCCCCCC1)c1cccc(CCCCCCCCCCC)c1CCCCCCCCCCC. The van der Waals surface area contributed by atoms with Gasteiger partial charge < -0.3 is 0 Å². The molecule has 1 fully saturated rings. The number of aryl methyl sites for hydroxylation is 1. The van der Waals surface area contributed by atoms with Crippen LogP contribution in [0.1, 0.15) is 313 Å². The van der Waals surface area contributed by atoms with Crippen molar-refractivity contribution in [2.24, 2.45) is 5.92 Å². The first-order chi connectivity index (χ1) is 27.3. The molecule has 1 unspecified atom stereocenters. The van der Waals surface area contributed by atoms with E-state index >= 15 is 0 Å². The van der Waals surface area contributed by atoms with Gasteiger partial charge in [-0.25, -0.2) is 0 Å². The van der Waals surface area contributed by atoms with E-state index in [1.54, 1.807) is 5.56 Å². The van der Waals surface area contributed by atoms with Gasteiger partial charge in [-0.1, -0.05) is 283 Å². The summed E-state index contributed by atoms with van der Waals surface area (Å²) < 4.78 is 0. The summed E-state index contributed by atoms with van der Waals surface area (Å²) in [6, 6.07) is 7.68. The summed E-state index contributed by atoms with van der Waals surface area (Å²) in [6.07, 6.45) is 63.8. The average molecular weight is 763 g/mol. The third-order valence-corrected chi connectivity index (χ3v) is 13.9. The van der Waals surface area contributed by atoms with Crippen LogP contribution in [-0.2, 0) is 12.8 Å². The minimum atomic E-state index is 0.790. The van der Waals surface area contributed by atoms with Crippen LogP contribution in [0.5, 0.6) is 0 Å². The zero-order valence-corrected chi connectivity index (χ0v) is 38.5. The molecule has 0 bridgehead atoms. The summed E-state index contributed by atoms with van der Waals surface area (Å²) in [4.78, 5) is 0. The molecule has 0 amide bonds. The third kappa shape index (κ3) is 28.3. The first-order valence-electron chi connectivity index (χ1n) is 26.4. The second-order valence-electron chi connectivity index (χ2n) is 19.0. The first-order valence-corrected chi connectivity index (χ1v) is 26.4. The maximum Gasteiger partial charge on any atom is -0.0159 e. The fourth-order valence-electron chi connectivity index (χ4n) is 10.2. The summed E-state index contributed by atoms with van der Waals surface area (Å²) in [7, 11) is 0. The molecule has 1 saturated carbocycles. The summed E-state index contributed by atoms with van der Waals surface area (Å²) >= 11 is 0. The van der Waals surface area contributed by atoms with Gasteiger partial charge in [-0.3, -0.25) is 0 Å². The van der Waals surface area contributed by atoms with E-state index in [-0.39, 0.29) is 0 Å². The van der Waals surface area contributed by atoms with E-state index in [0.29, 0.717) is 0 Å². The van der Waals surface area contributed by atoms with Crippen LogP contribution in [0.15, 0.2) is 18.2 Å². The Bertz CT molecular complexity index is 905. The van der Waals surface area contributed by atoms with Crippen LogP contribution in [0.25, 0.3) is 0 Å². The van der Waals surface area contributed by atoms with E-state index in [1.165, 1.54) is 283 Å². The van der Waals surface area contributed by atoms with Gasteiger partial charge in [-0.15, -0.1) is 0 Å². The minimum absolute atomic E-state index is 0.790. The van der Waals surface area contributed by atoms with Gasteiger partial charge in [-0.05, 0) is 67.1 Å². The zero-order valence-electron chi connectivity index (χ0n) is 38.5. The monoisotopic (exact) mass is 763 g/mol. The molecule has 0 heteroatoms. The van der Waals surface area contributed by atoms with Gasteiger partial charge in [0.05, 0.1) is 0 Å². The van der Waals surface area contributed by atoms with E-state index in [9.17, 15) is 0 Å². The van der Waals surface area contributed by atoms with E-state index in [1.807, 2.05) is 11.1 Å². The van der Waals surface area contributed by atoms with Crippen molar-refractivity contribution >= 4 is 0 Å². The second kappa shape index (κ2) is 38.7. The number of benzene rings is 1. The van der Waals surface area contributed by atoms with Crippen LogP contribution >= 0.6 is 0 Å². The average Bonchev–Trinajstić information content (AvgIpc) is 3.18. The van der Waals surface area contributed by atoms with Gasteiger partial charge in [0.25, 0.3) is 0 Å². The summed E-state index contributed by atoms with van der Waals surface area (Å²) in [5.74, 6) is 1.80. The van der Waals surface area contributed by atoms with Gasteiger partial charge in [0, 0.05) is 0 Å². The number of hydrogen-bond acceptors (Lipinski definition) is 0. The van der Waals surface area contributed by atoms with Gasteiger partial charge in [0.1, 0.15) is 0 Å². The molecule has 0 heterocycles. The molecule has 0 nitrogen and oxygen atoms in total. The highest BCUT2D eigenvalue weighted by atomic mass is 14.2. The van der Waals surface area contributed by atoms with E-state index in [4.69, 9.17) is 0 Å². The summed E-state index contributed by atoms with van der Waals surface area (Å²) in [6.45, 7) is 7.00. The molecule has 0 N–H and O–H groups in total. The van der Waals surface area contributed by atoms with Gasteiger partial charge in [0.2, 0.25) is 0 Å². The summed E-state index contributed by atoms with van der Waals surface area (Å²) in [5, 5.41) is 0. The van der Waals surface area contributed by atoms with Crippen molar-refractivity contribution in [3.05, 3.63) is 34.9 Å². The molecule has 1 aliphatic rings. The maximum absolute atomic E-state index is 2.63. The van der Waals surface area contributed by atoms with E-state index < -0.39 is 0 Å². The lowest BCUT2D eigenvalue weighted by molar-refractivity contribution is 0.341. The molecule has 1 aliphatic carbocycles. The molecule has 0 radical (unpaired) electrons. The highest BCUT2D eigenvalue weighted by molar-refractivity contribution is 5.38. The van der Waals surface area contributed by atoms with Crippen LogP contribution in [-0.4, -0.2) is 0 Å². The Balaban J connectivity index is 1.99. The Labute approximate surface area is 348 Å². The molecule has 0 saturated heterocycles. The lowest BCUT2D eigenvalue weighted by atomic mass is 9.80. The standard InChI is InChI=1S/C55H102/c1-4-7-10-13-16-19-20-21-22-25-27-33-37-45-52(47-40-44-51-42-35-30-29-31-36-43-51)55-50-41-48-53(46-38-32-26-23-17-14-11-8-5-2)54(55)49-39-34-28-24-18-15-12-9-6-3/h41,48,50-52H,4-40,42-47,49H2,1-3H3. The molecule has 0 aliphatic heterocycles. The molecular weight excluding hydrogens is 661 g/mol. The number of unbranched alkanes of at least 4 members (excludes halogenated alkanes) is 28. The van der Waals surface area contributed by atoms with Crippen LogP contribution in [0, 0.1) is 5.92 Å². The molecule has 0 spiro atoms. The van der Waals surface area contributed by atoms with Crippen LogP contribution in [0.4, 0.5) is 0 Å². The lowest BCUT2D eigenvalue weighted by Gasteiger charge is -2.25.